The summed E-state index contributed by atoms with van der Waals surface area (Å²) in [5.41, 5.74) is 1.98. The summed E-state index contributed by atoms with van der Waals surface area (Å²) in [6.07, 6.45) is 3.77. The second kappa shape index (κ2) is 6.35. The summed E-state index contributed by atoms with van der Waals surface area (Å²) in [6.45, 7) is 2.01. The largest absolute Gasteiger partial charge is 0.396 e. The Morgan fingerprint density at radius 1 is 1.53 bits per heavy atom. The van der Waals surface area contributed by atoms with Crippen LogP contribution in [0.25, 0.3) is 0 Å². The molecule has 1 atom stereocenters. The van der Waals surface area contributed by atoms with Crippen molar-refractivity contribution in [2.24, 2.45) is 5.92 Å². The molecule has 2 rings (SSSR count). The topological polar surface area (TPSA) is 64.3 Å². The Kier molecular flexibility index (Phi) is 4.53. The fraction of sp³-hybridized carbons (Fsp3) is 0.467. The molecule has 4 heteroatoms. The number of aliphatic hydroxyl groups excluding tert-OH is 1. The Labute approximate surface area is 113 Å². The van der Waals surface area contributed by atoms with Gasteiger partial charge in [-0.2, -0.15) is 5.26 Å². The van der Waals surface area contributed by atoms with Crippen molar-refractivity contribution in [3.05, 3.63) is 29.3 Å². The molecule has 19 heavy (non-hydrogen) atoms. The Hall–Kier alpha value is -1.86. The monoisotopic (exact) mass is 258 g/mol. The molecule has 100 valence electrons. The maximum atomic E-state index is 10.7. The van der Waals surface area contributed by atoms with Gasteiger partial charge in [0.1, 0.15) is 12.4 Å². The first kappa shape index (κ1) is 13.6. The number of carbonyl (C=O) groups is 1. The van der Waals surface area contributed by atoms with Gasteiger partial charge in [-0.25, -0.2) is 0 Å². The van der Waals surface area contributed by atoms with Crippen LogP contribution in [-0.4, -0.2) is 31.1 Å². The molecular weight excluding hydrogens is 240 g/mol. The molecule has 0 amide bonds. The van der Waals surface area contributed by atoms with E-state index in [2.05, 4.69) is 11.0 Å². The minimum absolute atomic E-state index is 0.216. The van der Waals surface area contributed by atoms with Crippen molar-refractivity contribution in [2.75, 3.05) is 24.6 Å². The lowest BCUT2D eigenvalue weighted by molar-refractivity contribution is 0.112. The van der Waals surface area contributed by atoms with Crippen LogP contribution in [0.5, 0.6) is 0 Å². The van der Waals surface area contributed by atoms with Gasteiger partial charge in [-0.15, -0.1) is 0 Å². The van der Waals surface area contributed by atoms with Crippen molar-refractivity contribution in [3.63, 3.8) is 0 Å². The average Bonchev–Trinajstić information content (AvgIpc) is 2.47. The van der Waals surface area contributed by atoms with E-state index in [1.807, 2.05) is 6.07 Å². The second-order valence-electron chi connectivity index (χ2n) is 4.97. The molecule has 0 radical (unpaired) electrons. The zero-order valence-corrected chi connectivity index (χ0v) is 10.9. The molecule has 1 fully saturated rings. The lowest BCUT2D eigenvalue weighted by atomic mass is 9.94. The van der Waals surface area contributed by atoms with Crippen molar-refractivity contribution < 1.29 is 9.90 Å². The summed E-state index contributed by atoms with van der Waals surface area (Å²) >= 11 is 0. The van der Waals surface area contributed by atoms with Crippen molar-refractivity contribution in [2.45, 2.75) is 19.3 Å². The van der Waals surface area contributed by atoms with Crippen molar-refractivity contribution in [3.8, 4) is 6.07 Å². The van der Waals surface area contributed by atoms with E-state index in [-0.39, 0.29) is 6.61 Å². The molecule has 1 aromatic carbocycles. The number of carbonyl (C=O) groups excluding carboxylic acids is 1. The van der Waals surface area contributed by atoms with Gasteiger partial charge in [-0.3, -0.25) is 4.79 Å². The van der Waals surface area contributed by atoms with E-state index in [1.54, 1.807) is 12.1 Å². The number of rotatable bonds is 4. The van der Waals surface area contributed by atoms with Crippen molar-refractivity contribution >= 4 is 12.0 Å². The van der Waals surface area contributed by atoms with E-state index >= 15 is 0 Å². The van der Waals surface area contributed by atoms with Crippen LogP contribution in [0.1, 0.15) is 35.2 Å². The molecule has 1 unspecified atom stereocenters. The fourth-order valence-corrected chi connectivity index (χ4v) is 2.69. The Morgan fingerprint density at radius 2 is 2.37 bits per heavy atom. The van der Waals surface area contributed by atoms with E-state index in [1.165, 1.54) is 0 Å². The molecule has 0 spiro atoms. The van der Waals surface area contributed by atoms with E-state index in [0.717, 1.165) is 44.3 Å². The van der Waals surface area contributed by atoms with Crippen LogP contribution in [0.2, 0.25) is 0 Å². The number of benzene rings is 1. The predicted molar refractivity (Wildman–Crippen MR) is 73.2 cm³/mol. The number of piperidine rings is 1. The van der Waals surface area contributed by atoms with E-state index < -0.39 is 0 Å². The molecule has 1 aliphatic heterocycles. The molecule has 0 aliphatic carbocycles. The second-order valence-corrected chi connectivity index (χ2v) is 4.97. The van der Waals surface area contributed by atoms with Gasteiger partial charge in [0.2, 0.25) is 0 Å². The van der Waals surface area contributed by atoms with Crippen molar-refractivity contribution in [1.82, 2.24) is 0 Å². The number of nitrogens with zero attached hydrogens (tertiary/aromatic N) is 2. The summed E-state index contributed by atoms with van der Waals surface area (Å²) in [5, 5.41) is 18.2. The normalized spacial score (nSPS) is 18.9. The number of hydrogen-bond acceptors (Lipinski definition) is 4. The maximum Gasteiger partial charge on any atom is 0.150 e. The van der Waals surface area contributed by atoms with Gasteiger partial charge in [0.05, 0.1) is 11.3 Å². The molecule has 0 bridgehead atoms. The molecule has 1 aromatic rings. The van der Waals surface area contributed by atoms with E-state index in [4.69, 9.17) is 5.11 Å². The zero-order valence-electron chi connectivity index (χ0n) is 10.9. The summed E-state index contributed by atoms with van der Waals surface area (Å²) < 4.78 is 0. The number of nitriles is 1. The first-order valence-electron chi connectivity index (χ1n) is 6.63. The third kappa shape index (κ3) is 3.12. The molecule has 1 saturated heterocycles. The van der Waals surface area contributed by atoms with Gasteiger partial charge in [0, 0.05) is 25.3 Å². The minimum Gasteiger partial charge on any atom is -0.396 e. The Morgan fingerprint density at radius 3 is 3.05 bits per heavy atom. The van der Waals surface area contributed by atoms with Gasteiger partial charge >= 0.3 is 0 Å². The zero-order chi connectivity index (χ0) is 13.7. The lowest BCUT2D eigenvalue weighted by Crippen LogP contribution is -2.36. The Bertz CT molecular complexity index is 491. The summed E-state index contributed by atoms with van der Waals surface area (Å²) in [5.74, 6) is 0.482. The van der Waals surface area contributed by atoms with E-state index in [0.29, 0.717) is 17.0 Å². The highest BCUT2D eigenvalue weighted by Gasteiger charge is 2.21. The quantitative estimate of drug-likeness (QED) is 0.839. The molecule has 1 aliphatic rings. The van der Waals surface area contributed by atoms with Crippen LogP contribution in [0, 0.1) is 17.2 Å². The van der Waals surface area contributed by atoms with Gasteiger partial charge in [-0.05, 0) is 43.4 Å². The SMILES string of the molecule is N#Cc1cc(C=O)ccc1N1CCCC(CCO)C1. The highest BCUT2D eigenvalue weighted by molar-refractivity contribution is 5.78. The average molecular weight is 258 g/mol. The molecule has 4 nitrogen and oxygen atoms in total. The van der Waals surface area contributed by atoms with Crippen LogP contribution in [0.15, 0.2) is 18.2 Å². The summed E-state index contributed by atoms with van der Waals surface area (Å²) in [4.78, 5) is 12.9. The first-order valence-corrected chi connectivity index (χ1v) is 6.63. The first-order chi connectivity index (χ1) is 9.28. The van der Waals surface area contributed by atoms with Gasteiger partial charge in [0.25, 0.3) is 0 Å². The van der Waals surface area contributed by atoms with E-state index in [9.17, 15) is 10.1 Å². The summed E-state index contributed by atoms with van der Waals surface area (Å²) in [6, 6.07) is 7.40. The smallest absolute Gasteiger partial charge is 0.150 e. The van der Waals surface area contributed by atoms with Gasteiger partial charge in [0.15, 0.2) is 0 Å². The molecular formula is C15H18N2O2. The molecule has 1 N–H and O–H groups in total. The predicted octanol–water partition coefficient (Wildman–Crippen LogP) is 1.97. The van der Waals surface area contributed by atoms with Crippen LogP contribution < -0.4 is 4.90 Å². The number of hydrogen-bond donors (Lipinski definition) is 1. The molecule has 1 heterocycles. The molecule has 0 aromatic heterocycles. The third-order valence-corrected chi connectivity index (χ3v) is 3.67. The van der Waals surface area contributed by atoms with Crippen LogP contribution in [0.4, 0.5) is 5.69 Å². The van der Waals surface area contributed by atoms with Gasteiger partial charge < -0.3 is 10.0 Å². The standard InChI is InChI=1S/C15H18N2O2/c16-9-14-8-13(11-19)3-4-15(14)17-6-1-2-12(10-17)5-7-18/h3-4,8,11-12,18H,1-2,5-7,10H2. The third-order valence-electron chi connectivity index (χ3n) is 3.67. The van der Waals surface area contributed by atoms with Crippen LogP contribution in [0.3, 0.4) is 0 Å². The minimum atomic E-state index is 0.216. The van der Waals surface area contributed by atoms with Crippen LogP contribution in [-0.2, 0) is 0 Å². The molecule has 0 saturated carbocycles. The van der Waals surface area contributed by atoms with Crippen molar-refractivity contribution in [1.29, 1.82) is 5.26 Å². The van der Waals surface area contributed by atoms with Crippen LogP contribution >= 0.6 is 0 Å². The number of aliphatic hydroxyl groups is 1. The lowest BCUT2D eigenvalue weighted by Gasteiger charge is -2.34. The summed E-state index contributed by atoms with van der Waals surface area (Å²) in [7, 11) is 0. The fourth-order valence-electron chi connectivity index (χ4n) is 2.69. The number of aldehydes is 1. The number of anilines is 1. The van der Waals surface area contributed by atoms with Gasteiger partial charge in [-0.1, -0.05) is 0 Å². The highest BCUT2D eigenvalue weighted by Crippen LogP contribution is 2.27. The maximum absolute atomic E-state index is 10.7. The highest BCUT2D eigenvalue weighted by atomic mass is 16.3. The Balaban J connectivity index is 2.21.